The quantitative estimate of drug-likeness (QED) is 0.487. The lowest BCUT2D eigenvalue weighted by Gasteiger charge is -2.16. The minimum absolute atomic E-state index is 0.513. The highest BCUT2D eigenvalue weighted by atomic mass is 16.5. The number of aryl methyl sites for hydroxylation is 1. The predicted molar refractivity (Wildman–Crippen MR) is 70.1 cm³/mol. The highest BCUT2D eigenvalue weighted by molar-refractivity contribution is 5.73. The smallest absolute Gasteiger partial charge is 0.339 e. The summed E-state index contributed by atoms with van der Waals surface area (Å²) in [7, 11) is 1.46. The van der Waals surface area contributed by atoms with Crippen LogP contribution >= 0.6 is 0 Å². The van der Waals surface area contributed by atoms with Crippen LogP contribution in [0.3, 0.4) is 0 Å². The van der Waals surface area contributed by atoms with E-state index in [2.05, 4.69) is 17.2 Å². The van der Waals surface area contributed by atoms with Crippen LogP contribution in [0.4, 0.5) is 4.79 Å². The van der Waals surface area contributed by atoms with Crippen LogP contribution < -0.4 is 5.32 Å². The molecule has 2 N–H and O–H groups in total. The van der Waals surface area contributed by atoms with Gasteiger partial charge < -0.3 is 5.32 Å². The number of urea groups is 1. The summed E-state index contributed by atoms with van der Waals surface area (Å²) in [6, 6.07) is 8.99. The molecule has 1 unspecified atom stereocenters. The van der Waals surface area contributed by atoms with Crippen molar-refractivity contribution >= 4 is 6.03 Å². The molecule has 18 heavy (non-hydrogen) atoms. The van der Waals surface area contributed by atoms with Gasteiger partial charge in [-0.25, -0.2) is 4.79 Å². The molecule has 4 nitrogen and oxygen atoms in total. The van der Waals surface area contributed by atoms with Crippen LogP contribution in [0.1, 0.15) is 18.9 Å². The molecule has 1 aromatic carbocycles. The molecular weight excluding hydrogens is 228 g/mol. The number of carbonyl (C=O) groups is 1. The average Bonchev–Trinajstić information content (AvgIpc) is 2.42. The third-order valence-corrected chi connectivity index (χ3v) is 2.48. The van der Waals surface area contributed by atoms with Crippen molar-refractivity contribution in [1.29, 1.82) is 0 Å². The normalized spacial score (nSPS) is 11.1. The molecule has 0 saturated carbocycles. The van der Waals surface area contributed by atoms with Gasteiger partial charge in [-0.1, -0.05) is 36.3 Å². The van der Waals surface area contributed by atoms with Gasteiger partial charge in [-0.3, -0.25) is 5.21 Å². The van der Waals surface area contributed by atoms with E-state index < -0.39 is 12.1 Å². The van der Waals surface area contributed by atoms with Crippen LogP contribution in [-0.2, 0) is 6.42 Å². The van der Waals surface area contributed by atoms with Crippen LogP contribution in [-0.4, -0.2) is 29.4 Å². The lowest BCUT2D eigenvalue weighted by Crippen LogP contribution is -2.40. The summed E-state index contributed by atoms with van der Waals surface area (Å²) in [5.41, 5.74) is 1.23. The van der Waals surface area contributed by atoms with Crippen molar-refractivity contribution in [1.82, 2.24) is 10.4 Å². The molecule has 0 heterocycles. The molecule has 0 aliphatic rings. The molecular formula is C14H18N2O2. The van der Waals surface area contributed by atoms with E-state index in [1.807, 2.05) is 30.3 Å². The maximum absolute atomic E-state index is 11.1. The van der Waals surface area contributed by atoms with E-state index in [4.69, 9.17) is 0 Å². The first-order valence-corrected chi connectivity index (χ1v) is 5.87. The third kappa shape index (κ3) is 4.48. The standard InChI is InChI=1S/C14H18N2O2/c1-12(16(18)14(17)15-2)8-6-7-11-13-9-4-3-5-10-13/h3-5,9-10,12,18H,7,11H2,1-2H3,(H,15,17). The van der Waals surface area contributed by atoms with Crippen molar-refractivity contribution in [3.05, 3.63) is 35.9 Å². The summed E-state index contributed by atoms with van der Waals surface area (Å²) in [5.74, 6) is 5.79. The minimum atomic E-state index is -0.556. The molecule has 0 saturated heterocycles. The van der Waals surface area contributed by atoms with Gasteiger partial charge >= 0.3 is 6.03 Å². The fraction of sp³-hybridized carbons (Fsp3) is 0.357. The molecule has 0 aliphatic heterocycles. The average molecular weight is 246 g/mol. The van der Waals surface area contributed by atoms with Gasteiger partial charge in [0, 0.05) is 13.5 Å². The number of amides is 2. The molecule has 0 radical (unpaired) electrons. The van der Waals surface area contributed by atoms with Crippen molar-refractivity contribution in [3.8, 4) is 11.8 Å². The third-order valence-electron chi connectivity index (χ3n) is 2.48. The van der Waals surface area contributed by atoms with Crippen LogP contribution in [0.2, 0.25) is 0 Å². The molecule has 1 aromatic rings. The highest BCUT2D eigenvalue weighted by Crippen LogP contribution is 2.01. The van der Waals surface area contributed by atoms with Gasteiger partial charge in [0.25, 0.3) is 0 Å². The zero-order valence-corrected chi connectivity index (χ0v) is 10.7. The van der Waals surface area contributed by atoms with Crippen LogP contribution in [0.25, 0.3) is 0 Å². The first-order valence-electron chi connectivity index (χ1n) is 5.87. The number of nitrogens with zero attached hydrogens (tertiary/aromatic N) is 1. The van der Waals surface area contributed by atoms with Gasteiger partial charge in [0.05, 0.1) is 0 Å². The van der Waals surface area contributed by atoms with Crippen molar-refractivity contribution in [2.75, 3.05) is 7.05 Å². The Morgan fingerprint density at radius 2 is 2.11 bits per heavy atom. The zero-order chi connectivity index (χ0) is 13.4. The number of hydrogen-bond donors (Lipinski definition) is 2. The Kier molecular flexibility index (Phi) is 5.75. The molecule has 96 valence electrons. The summed E-state index contributed by atoms with van der Waals surface area (Å²) in [4.78, 5) is 11.1. The Bertz CT molecular complexity index is 434. The van der Waals surface area contributed by atoms with Gasteiger partial charge in [0.15, 0.2) is 0 Å². The molecule has 0 bridgehead atoms. The summed E-state index contributed by atoms with van der Waals surface area (Å²) in [6.07, 6.45) is 1.57. The van der Waals surface area contributed by atoms with Gasteiger partial charge in [-0.2, -0.15) is 5.06 Å². The number of hydroxylamine groups is 2. The van der Waals surface area contributed by atoms with E-state index in [0.717, 1.165) is 6.42 Å². The molecule has 0 fully saturated rings. The molecule has 2 amide bonds. The van der Waals surface area contributed by atoms with Gasteiger partial charge in [-0.05, 0) is 18.9 Å². The zero-order valence-electron chi connectivity index (χ0n) is 10.7. The summed E-state index contributed by atoms with van der Waals surface area (Å²) in [5, 5.41) is 12.3. The predicted octanol–water partition coefficient (Wildman–Crippen LogP) is 2.04. The second kappa shape index (κ2) is 7.36. The Labute approximate surface area is 108 Å². The number of rotatable bonds is 3. The maximum atomic E-state index is 11.1. The van der Waals surface area contributed by atoms with E-state index in [9.17, 15) is 10.0 Å². The van der Waals surface area contributed by atoms with E-state index in [1.165, 1.54) is 12.6 Å². The molecule has 1 rings (SSSR count). The van der Waals surface area contributed by atoms with E-state index >= 15 is 0 Å². The monoisotopic (exact) mass is 246 g/mol. The van der Waals surface area contributed by atoms with E-state index in [0.29, 0.717) is 11.5 Å². The first-order chi connectivity index (χ1) is 8.65. The van der Waals surface area contributed by atoms with Gasteiger partial charge in [-0.15, -0.1) is 5.92 Å². The lowest BCUT2D eigenvalue weighted by atomic mass is 10.1. The molecule has 0 aromatic heterocycles. The SMILES string of the molecule is CNC(=O)N(O)C(C)C#CCCc1ccccc1. The Morgan fingerprint density at radius 3 is 2.72 bits per heavy atom. The molecule has 0 spiro atoms. The highest BCUT2D eigenvalue weighted by Gasteiger charge is 2.13. The summed E-state index contributed by atoms with van der Waals surface area (Å²) in [6.45, 7) is 1.67. The van der Waals surface area contributed by atoms with Crippen molar-refractivity contribution in [2.45, 2.75) is 25.8 Å². The Morgan fingerprint density at radius 1 is 1.44 bits per heavy atom. The van der Waals surface area contributed by atoms with Crippen molar-refractivity contribution < 1.29 is 10.0 Å². The van der Waals surface area contributed by atoms with E-state index in [-0.39, 0.29) is 0 Å². The maximum Gasteiger partial charge on any atom is 0.342 e. The Balaban J connectivity index is 2.40. The van der Waals surface area contributed by atoms with E-state index in [1.54, 1.807) is 6.92 Å². The van der Waals surface area contributed by atoms with Gasteiger partial charge in [0.2, 0.25) is 0 Å². The second-order valence-electron chi connectivity index (χ2n) is 3.88. The van der Waals surface area contributed by atoms with Crippen LogP contribution in [0.15, 0.2) is 30.3 Å². The largest absolute Gasteiger partial charge is 0.342 e. The topological polar surface area (TPSA) is 52.6 Å². The minimum Gasteiger partial charge on any atom is -0.339 e. The fourth-order valence-corrected chi connectivity index (χ4v) is 1.42. The number of hydrogen-bond acceptors (Lipinski definition) is 2. The van der Waals surface area contributed by atoms with Crippen LogP contribution in [0, 0.1) is 11.8 Å². The fourth-order valence-electron chi connectivity index (χ4n) is 1.42. The molecule has 0 aliphatic carbocycles. The molecule has 4 heteroatoms. The van der Waals surface area contributed by atoms with Gasteiger partial charge in [0.1, 0.15) is 6.04 Å². The summed E-state index contributed by atoms with van der Waals surface area (Å²) < 4.78 is 0. The lowest BCUT2D eigenvalue weighted by molar-refractivity contribution is -0.0566. The van der Waals surface area contributed by atoms with Crippen molar-refractivity contribution in [3.63, 3.8) is 0 Å². The summed E-state index contributed by atoms with van der Waals surface area (Å²) >= 11 is 0. The second-order valence-corrected chi connectivity index (χ2v) is 3.88. The van der Waals surface area contributed by atoms with Crippen LogP contribution in [0.5, 0.6) is 0 Å². The number of benzene rings is 1. The Hall–Kier alpha value is -1.99. The molecule has 1 atom stereocenters. The first kappa shape index (κ1) is 14.1. The number of nitrogens with one attached hydrogen (secondary N) is 1. The van der Waals surface area contributed by atoms with Crippen molar-refractivity contribution in [2.24, 2.45) is 0 Å². The number of carbonyl (C=O) groups excluding carboxylic acids is 1.